The molecule has 0 saturated heterocycles. The van der Waals surface area contributed by atoms with Crippen molar-refractivity contribution < 1.29 is 4.79 Å². The van der Waals surface area contributed by atoms with Crippen LogP contribution in [-0.4, -0.2) is 29.5 Å². The van der Waals surface area contributed by atoms with Gasteiger partial charge < -0.3 is 10.2 Å². The van der Waals surface area contributed by atoms with Crippen molar-refractivity contribution in [1.29, 1.82) is 0 Å². The average Bonchev–Trinajstić information content (AvgIpc) is 2.69. The minimum atomic E-state index is -0.137. The number of carbonyl (C=O) groups is 1. The van der Waals surface area contributed by atoms with Crippen molar-refractivity contribution in [2.75, 3.05) is 23.8 Å². The van der Waals surface area contributed by atoms with Crippen molar-refractivity contribution in [3.63, 3.8) is 0 Å². The number of anilines is 2. The normalized spacial score (nSPS) is 10.3. The number of nitrogens with one attached hydrogen (secondary N) is 1. The van der Waals surface area contributed by atoms with E-state index in [0.717, 1.165) is 18.7 Å². The molecule has 0 fully saturated rings. The Balaban J connectivity index is 1.57. The minimum Gasteiger partial charge on any atom is -0.354 e. The monoisotopic (exact) mass is 332 g/mol. The van der Waals surface area contributed by atoms with E-state index in [9.17, 15) is 4.79 Å². The van der Waals surface area contributed by atoms with E-state index in [-0.39, 0.29) is 5.91 Å². The van der Waals surface area contributed by atoms with Gasteiger partial charge in [-0.1, -0.05) is 48.5 Å². The number of amides is 1. The van der Waals surface area contributed by atoms with Crippen LogP contribution in [0.2, 0.25) is 0 Å². The van der Waals surface area contributed by atoms with Gasteiger partial charge in [-0.2, -0.15) is 0 Å². The third-order valence-electron chi connectivity index (χ3n) is 3.89. The number of para-hydroxylation sites is 1. The Kier molecular flexibility index (Phi) is 5.36. The lowest BCUT2D eigenvalue weighted by molar-refractivity contribution is 0.0992. The molecule has 3 aromatic rings. The van der Waals surface area contributed by atoms with Gasteiger partial charge in [-0.3, -0.25) is 4.79 Å². The molecule has 0 aliphatic heterocycles. The molecule has 2 aromatic carbocycles. The first-order valence-electron chi connectivity index (χ1n) is 8.17. The summed E-state index contributed by atoms with van der Waals surface area (Å²) in [6, 6.07) is 19.7. The smallest absolute Gasteiger partial charge is 0.261 e. The lowest BCUT2D eigenvalue weighted by Crippen LogP contribution is -2.26. The summed E-state index contributed by atoms with van der Waals surface area (Å²) in [6.45, 7) is 0.737. The Morgan fingerprint density at radius 2 is 1.56 bits per heavy atom. The van der Waals surface area contributed by atoms with E-state index in [2.05, 4.69) is 27.4 Å². The van der Waals surface area contributed by atoms with Gasteiger partial charge in [0, 0.05) is 31.7 Å². The molecule has 0 aliphatic carbocycles. The van der Waals surface area contributed by atoms with Crippen LogP contribution in [0.5, 0.6) is 0 Å². The molecule has 0 aliphatic rings. The van der Waals surface area contributed by atoms with Crippen molar-refractivity contribution in [1.82, 2.24) is 9.97 Å². The van der Waals surface area contributed by atoms with Gasteiger partial charge >= 0.3 is 0 Å². The summed E-state index contributed by atoms with van der Waals surface area (Å²) in [6.07, 6.45) is 4.00. The Morgan fingerprint density at radius 3 is 2.20 bits per heavy atom. The second-order valence-electron chi connectivity index (χ2n) is 5.66. The van der Waals surface area contributed by atoms with E-state index < -0.39 is 0 Å². The lowest BCUT2D eigenvalue weighted by Gasteiger charge is -2.17. The second kappa shape index (κ2) is 8.06. The first kappa shape index (κ1) is 16.6. The largest absolute Gasteiger partial charge is 0.354 e. The fourth-order valence-corrected chi connectivity index (χ4v) is 2.46. The summed E-state index contributed by atoms with van der Waals surface area (Å²) < 4.78 is 0. The summed E-state index contributed by atoms with van der Waals surface area (Å²) >= 11 is 0. The van der Waals surface area contributed by atoms with Crippen LogP contribution in [0.1, 0.15) is 15.9 Å². The van der Waals surface area contributed by atoms with E-state index in [1.807, 2.05) is 48.5 Å². The van der Waals surface area contributed by atoms with Crippen LogP contribution in [0, 0.1) is 0 Å². The van der Waals surface area contributed by atoms with Crippen molar-refractivity contribution in [2.45, 2.75) is 6.42 Å². The first-order valence-corrected chi connectivity index (χ1v) is 8.17. The van der Waals surface area contributed by atoms with Crippen LogP contribution in [-0.2, 0) is 6.42 Å². The zero-order valence-electron chi connectivity index (χ0n) is 14.1. The third kappa shape index (κ3) is 4.41. The molecule has 1 N–H and O–H groups in total. The van der Waals surface area contributed by atoms with Crippen LogP contribution in [0.4, 0.5) is 11.6 Å². The molecule has 126 valence electrons. The highest BCUT2D eigenvalue weighted by molar-refractivity contribution is 6.05. The average molecular weight is 332 g/mol. The predicted octanol–water partition coefficient (Wildman–Crippen LogP) is 3.41. The summed E-state index contributed by atoms with van der Waals surface area (Å²) in [7, 11) is 1.74. The third-order valence-corrected chi connectivity index (χ3v) is 3.89. The van der Waals surface area contributed by atoms with Crippen LogP contribution < -0.4 is 10.2 Å². The second-order valence-corrected chi connectivity index (χ2v) is 5.66. The fourth-order valence-electron chi connectivity index (χ4n) is 2.46. The molecule has 25 heavy (non-hydrogen) atoms. The maximum Gasteiger partial charge on any atom is 0.261 e. The Morgan fingerprint density at radius 1 is 0.960 bits per heavy atom. The summed E-state index contributed by atoms with van der Waals surface area (Å²) in [5.74, 6) is 0.386. The zero-order valence-corrected chi connectivity index (χ0v) is 14.1. The highest BCUT2D eigenvalue weighted by Gasteiger charge is 2.14. The van der Waals surface area contributed by atoms with Crippen molar-refractivity contribution in [2.24, 2.45) is 0 Å². The van der Waals surface area contributed by atoms with Crippen molar-refractivity contribution in [3.8, 4) is 0 Å². The molecule has 0 bridgehead atoms. The van der Waals surface area contributed by atoms with E-state index in [0.29, 0.717) is 11.5 Å². The molecule has 3 rings (SSSR count). The predicted molar refractivity (Wildman–Crippen MR) is 99.8 cm³/mol. The standard InChI is InChI=1S/C20H20N4O/c1-24(18-10-6-3-7-11-18)19(25)17-14-22-20(23-15-17)21-13-12-16-8-4-2-5-9-16/h2-11,14-15H,12-13H2,1H3,(H,21,22,23). The number of aromatic nitrogens is 2. The lowest BCUT2D eigenvalue weighted by atomic mass is 10.1. The van der Waals surface area contributed by atoms with Gasteiger partial charge in [-0.05, 0) is 24.1 Å². The molecule has 5 nitrogen and oxygen atoms in total. The van der Waals surface area contributed by atoms with Crippen LogP contribution in [0.25, 0.3) is 0 Å². The van der Waals surface area contributed by atoms with Gasteiger partial charge in [0.25, 0.3) is 5.91 Å². The maximum atomic E-state index is 12.5. The highest BCUT2D eigenvalue weighted by atomic mass is 16.2. The van der Waals surface area contributed by atoms with Crippen LogP contribution in [0.15, 0.2) is 73.1 Å². The molecular weight excluding hydrogens is 312 g/mol. The van der Waals surface area contributed by atoms with Crippen molar-refractivity contribution in [3.05, 3.63) is 84.2 Å². The summed E-state index contributed by atoms with van der Waals surface area (Å²) in [5.41, 5.74) is 2.55. The number of hydrogen-bond acceptors (Lipinski definition) is 4. The van der Waals surface area contributed by atoms with Crippen molar-refractivity contribution >= 4 is 17.5 Å². The Hall–Kier alpha value is -3.21. The molecule has 1 heterocycles. The minimum absolute atomic E-state index is 0.137. The molecule has 0 saturated carbocycles. The van der Waals surface area contributed by atoms with Gasteiger partial charge in [0.2, 0.25) is 5.95 Å². The highest BCUT2D eigenvalue weighted by Crippen LogP contribution is 2.14. The molecule has 5 heteroatoms. The molecular formula is C20H20N4O. The summed E-state index contributed by atoms with van der Waals surface area (Å²) in [5, 5.41) is 3.17. The number of nitrogens with zero attached hydrogens (tertiary/aromatic N) is 3. The van der Waals surface area contributed by atoms with E-state index in [1.165, 1.54) is 5.56 Å². The van der Waals surface area contributed by atoms with Gasteiger partial charge in [0.05, 0.1) is 5.56 Å². The van der Waals surface area contributed by atoms with Gasteiger partial charge in [-0.25, -0.2) is 9.97 Å². The number of benzene rings is 2. The van der Waals surface area contributed by atoms with Gasteiger partial charge in [-0.15, -0.1) is 0 Å². The number of hydrogen-bond donors (Lipinski definition) is 1. The summed E-state index contributed by atoms with van der Waals surface area (Å²) in [4.78, 5) is 22.5. The zero-order chi connectivity index (χ0) is 17.5. The van der Waals surface area contributed by atoms with Gasteiger partial charge in [0.1, 0.15) is 0 Å². The van der Waals surface area contributed by atoms with E-state index in [4.69, 9.17) is 0 Å². The Bertz CT molecular complexity index is 804. The molecule has 0 spiro atoms. The molecule has 1 amide bonds. The number of carbonyl (C=O) groups excluding carboxylic acids is 1. The quantitative estimate of drug-likeness (QED) is 0.751. The van der Waals surface area contributed by atoms with Crippen LogP contribution >= 0.6 is 0 Å². The van der Waals surface area contributed by atoms with E-state index >= 15 is 0 Å². The Labute approximate surface area is 147 Å². The molecule has 0 atom stereocenters. The number of rotatable bonds is 6. The maximum absolute atomic E-state index is 12.5. The van der Waals surface area contributed by atoms with Crippen LogP contribution in [0.3, 0.4) is 0 Å². The SMILES string of the molecule is CN(C(=O)c1cnc(NCCc2ccccc2)nc1)c1ccccc1. The molecule has 0 unspecified atom stereocenters. The first-order chi connectivity index (χ1) is 12.2. The topological polar surface area (TPSA) is 58.1 Å². The molecule has 1 aromatic heterocycles. The molecule has 0 radical (unpaired) electrons. The fraction of sp³-hybridized carbons (Fsp3) is 0.150. The van der Waals surface area contributed by atoms with E-state index in [1.54, 1.807) is 24.3 Å². The van der Waals surface area contributed by atoms with Gasteiger partial charge in [0.15, 0.2) is 0 Å².